The summed E-state index contributed by atoms with van der Waals surface area (Å²) in [6, 6.07) is 13.4. The molecule has 118 valence electrons. The number of fused-ring (bicyclic) bond motifs is 6. The molecule has 1 fully saturated rings. The van der Waals surface area contributed by atoms with Crippen molar-refractivity contribution in [3.63, 3.8) is 0 Å². The lowest BCUT2D eigenvalue weighted by Crippen LogP contribution is -2.25. The average molecular weight is 317 g/mol. The minimum Gasteiger partial charge on any atom is -0.493 e. The summed E-state index contributed by atoms with van der Waals surface area (Å²) in [7, 11) is 0. The van der Waals surface area contributed by atoms with E-state index >= 15 is 0 Å². The van der Waals surface area contributed by atoms with Crippen molar-refractivity contribution in [1.82, 2.24) is 9.13 Å². The van der Waals surface area contributed by atoms with Crippen LogP contribution in [0.25, 0.3) is 16.5 Å². The zero-order chi connectivity index (χ0) is 16.4. The maximum Gasteiger partial charge on any atom is 0.336 e. The van der Waals surface area contributed by atoms with Crippen molar-refractivity contribution in [3.8, 4) is 17.6 Å². The van der Waals surface area contributed by atoms with Crippen molar-refractivity contribution < 1.29 is 5.11 Å². The molecule has 2 heterocycles. The topological polar surface area (TPSA) is 71.0 Å². The van der Waals surface area contributed by atoms with Crippen LogP contribution in [0, 0.1) is 11.3 Å². The maximum absolute atomic E-state index is 13.0. The third kappa shape index (κ3) is 1.50. The van der Waals surface area contributed by atoms with E-state index in [4.69, 9.17) is 0 Å². The second kappa shape index (κ2) is 4.51. The number of nitriles is 1. The van der Waals surface area contributed by atoms with Crippen LogP contribution in [-0.4, -0.2) is 14.2 Å². The van der Waals surface area contributed by atoms with Gasteiger partial charge in [0, 0.05) is 22.7 Å². The first-order chi connectivity index (χ1) is 11.7. The highest BCUT2D eigenvalue weighted by atomic mass is 16.3. The number of hydrogen-bond donors (Lipinski definition) is 1. The van der Waals surface area contributed by atoms with Crippen molar-refractivity contribution in [2.75, 3.05) is 0 Å². The molecule has 0 saturated heterocycles. The van der Waals surface area contributed by atoms with Gasteiger partial charge in [0.25, 0.3) is 0 Å². The van der Waals surface area contributed by atoms with Crippen LogP contribution in [0.15, 0.2) is 41.2 Å². The lowest BCUT2D eigenvalue weighted by molar-refractivity contribution is 0.428. The van der Waals surface area contributed by atoms with Gasteiger partial charge in [0.15, 0.2) is 0 Å². The quantitative estimate of drug-likeness (QED) is 0.749. The Morgan fingerprint density at radius 2 is 1.92 bits per heavy atom. The molecule has 0 spiro atoms. The predicted molar refractivity (Wildman–Crippen MR) is 89.5 cm³/mol. The van der Waals surface area contributed by atoms with Gasteiger partial charge in [-0.25, -0.2) is 9.36 Å². The molecular weight excluding hydrogens is 302 g/mol. The number of benzene rings is 2. The third-order valence-corrected chi connectivity index (χ3v) is 5.52. The third-order valence-electron chi connectivity index (χ3n) is 5.52. The maximum atomic E-state index is 13.0. The van der Waals surface area contributed by atoms with Gasteiger partial charge < -0.3 is 5.11 Å². The smallest absolute Gasteiger partial charge is 0.336 e. The number of rotatable bonds is 1. The molecular formula is C19H15N3O2. The van der Waals surface area contributed by atoms with Crippen LogP contribution in [0.4, 0.5) is 0 Å². The summed E-state index contributed by atoms with van der Waals surface area (Å²) in [5.41, 5.74) is 1.80. The number of aromatic nitrogens is 2. The molecule has 24 heavy (non-hydrogen) atoms. The Balaban J connectivity index is 1.85. The molecule has 1 aromatic heterocycles. The SMILES string of the molecule is N#Cc1ccc(-n2c(O)c3n(c2=O)[C@@H]2CC[C@H]3C2)c2ccccc12. The van der Waals surface area contributed by atoms with Crippen molar-refractivity contribution in [1.29, 1.82) is 5.26 Å². The zero-order valence-electron chi connectivity index (χ0n) is 12.9. The van der Waals surface area contributed by atoms with Crippen LogP contribution >= 0.6 is 0 Å². The Morgan fingerprint density at radius 3 is 2.67 bits per heavy atom. The first kappa shape index (κ1) is 13.4. The number of aromatic hydroxyl groups is 1. The summed E-state index contributed by atoms with van der Waals surface area (Å²) in [5, 5.41) is 21.7. The standard InChI is InChI=1S/C19H15N3O2/c20-10-12-6-8-16(15-4-2-1-3-14(12)15)22-18(23)17-11-5-7-13(9-11)21(17)19(22)24/h1-4,6,8,11,13,23H,5,7,9H2/t11-,13+/m0/s1. The first-order valence-corrected chi connectivity index (χ1v) is 8.19. The summed E-state index contributed by atoms with van der Waals surface area (Å²) in [6.45, 7) is 0. The highest BCUT2D eigenvalue weighted by Crippen LogP contribution is 2.51. The number of imidazole rings is 1. The molecule has 5 nitrogen and oxygen atoms in total. The molecule has 5 heteroatoms. The molecule has 2 atom stereocenters. The van der Waals surface area contributed by atoms with Crippen molar-refractivity contribution >= 4 is 10.8 Å². The van der Waals surface area contributed by atoms with Crippen molar-refractivity contribution in [2.24, 2.45) is 0 Å². The van der Waals surface area contributed by atoms with Gasteiger partial charge in [-0.1, -0.05) is 24.3 Å². The van der Waals surface area contributed by atoms with E-state index in [1.165, 1.54) is 4.57 Å². The molecule has 1 aliphatic carbocycles. The Bertz CT molecular complexity index is 1100. The van der Waals surface area contributed by atoms with Crippen LogP contribution in [-0.2, 0) is 0 Å². The van der Waals surface area contributed by atoms with Crippen LogP contribution < -0.4 is 5.69 Å². The molecule has 5 rings (SSSR count). The van der Waals surface area contributed by atoms with E-state index in [1.54, 1.807) is 16.7 Å². The number of hydrogen-bond acceptors (Lipinski definition) is 3. The van der Waals surface area contributed by atoms with Gasteiger partial charge in [-0.15, -0.1) is 0 Å². The Hall–Kier alpha value is -3.00. The van der Waals surface area contributed by atoms with E-state index in [2.05, 4.69) is 6.07 Å². The molecule has 0 radical (unpaired) electrons. The van der Waals surface area contributed by atoms with Gasteiger partial charge in [0.1, 0.15) is 0 Å². The lowest BCUT2D eigenvalue weighted by atomic mass is 10.0. The largest absolute Gasteiger partial charge is 0.493 e. The molecule has 1 saturated carbocycles. The van der Waals surface area contributed by atoms with E-state index < -0.39 is 0 Å². The molecule has 0 unspecified atom stereocenters. The second-order valence-electron chi connectivity index (χ2n) is 6.65. The van der Waals surface area contributed by atoms with Gasteiger partial charge in [-0.2, -0.15) is 5.26 Å². The molecule has 2 bridgehead atoms. The Kier molecular flexibility index (Phi) is 2.53. The lowest BCUT2D eigenvalue weighted by Gasteiger charge is -2.11. The Labute approximate surface area is 138 Å². The summed E-state index contributed by atoms with van der Waals surface area (Å²) in [5.74, 6) is 0.343. The van der Waals surface area contributed by atoms with Gasteiger partial charge in [-0.05, 0) is 31.4 Å². The molecule has 3 aromatic rings. The van der Waals surface area contributed by atoms with Gasteiger partial charge in [-0.3, -0.25) is 4.57 Å². The highest BCUT2D eigenvalue weighted by molar-refractivity contribution is 5.94. The highest BCUT2D eigenvalue weighted by Gasteiger charge is 2.42. The van der Waals surface area contributed by atoms with Crippen LogP contribution in [0.1, 0.15) is 42.5 Å². The fourth-order valence-corrected chi connectivity index (χ4v) is 4.49. The van der Waals surface area contributed by atoms with E-state index in [-0.39, 0.29) is 23.5 Å². The molecule has 0 amide bonds. The van der Waals surface area contributed by atoms with E-state index in [0.717, 1.165) is 35.7 Å². The summed E-state index contributed by atoms with van der Waals surface area (Å²) < 4.78 is 3.18. The Morgan fingerprint density at radius 1 is 1.12 bits per heavy atom. The van der Waals surface area contributed by atoms with E-state index in [1.807, 2.05) is 24.3 Å². The van der Waals surface area contributed by atoms with E-state index in [9.17, 15) is 15.2 Å². The van der Waals surface area contributed by atoms with Crippen LogP contribution in [0.2, 0.25) is 0 Å². The average Bonchev–Trinajstić information content (AvgIpc) is 3.28. The molecule has 2 aromatic carbocycles. The zero-order valence-corrected chi connectivity index (χ0v) is 12.9. The normalized spacial score (nSPS) is 21.1. The first-order valence-electron chi connectivity index (χ1n) is 8.19. The second-order valence-corrected chi connectivity index (χ2v) is 6.65. The van der Waals surface area contributed by atoms with Gasteiger partial charge in [0.05, 0.1) is 23.0 Å². The fourth-order valence-electron chi connectivity index (χ4n) is 4.49. The summed E-state index contributed by atoms with van der Waals surface area (Å²) in [6.07, 6.45) is 3.01. The summed E-state index contributed by atoms with van der Waals surface area (Å²) in [4.78, 5) is 13.0. The monoisotopic (exact) mass is 317 g/mol. The van der Waals surface area contributed by atoms with Crippen molar-refractivity contribution in [3.05, 3.63) is 58.1 Å². The van der Waals surface area contributed by atoms with Gasteiger partial charge >= 0.3 is 5.69 Å². The van der Waals surface area contributed by atoms with Crippen LogP contribution in [0.5, 0.6) is 5.88 Å². The van der Waals surface area contributed by atoms with Crippen molar-refractivity contribution in [2.45, 2.75) is 31.2 Å². The molecule has 1 N–H and O–H groups in total. The fraction of sp³-hybridized carbons (Fsp3) is 0.263. The predicted octanol–water partition coefficient (Wildman–Crippen LogP) is 3.19. The van der Waals surface area contributed by atoms with E-state index in [0.29, 0.717) is 11.3 Å². The molecule has 2 aliphatic rings. The summed E-state index contributed by atoms with van der Waals surface area (Å²) >= 11 is 0. The minimum absolute atomic E-state index is 0.0575. The molecule has 1 aliphatic heterocycles. The minimum atomic E-state index is -0.176. The number of nitrogens with zero attached hydrogens (tertiary/aromatic N) is 3. The van der Waals surface area contributed by atoms with Gasteiger partial charge in [0.2, 0.25) is 5.88 Å². The van der Waals surface area contributed by atoms with Crippen LogP contribution in [0.3, 0.4) is 0 Å².